The fourth-order valence-corrected chi connectivity index (χ4v) is 3.83. The van der Waals surface area contributed by atoms with Crippen LogP contribution in [0.25, 0.3) is 0 Å². The van der Waals surface area contributed by atoms with Crippen LogP contribution in [0, 0.1) is 0 Å². The van der Waals surface area contributed by atoms with Crippen molar-refractivity contribution in [2.24, 2.45) is 0 Å². The van der Waals surface area contributed by atoms with Crippen LogP contribution in [0.4, 0.5) is 0 Å². The molecule has 1 aromatic rings. The molecule has 0 N–H and O–H groups in total. The summed E-state index contributed by atoms with van der Waals surface area (Å²) in [6.45, 7) is 3.99. The highest BCUT2D eigenvalue weighted by Gasteiger charge is 2.29. The zero-order valence-electron chi connectivity index (χ0n) is 12.1. The lowest BCUT2D eigenvalue weighted by Gasteiger charge is -2.30. The third-order valence-electron chi connectivity index (χ3n) is 3.77. The van der Waals surface area contributed by atoms with Crippen LogP contribution in [0.2, 0.25) is 0 Å². The van der Waals surface area contributed by atoms with Crippen LogP contribution in [0.5, 0.6) is 0 Å². The minimum atomic E-state index is -2.90. The first kappa shape index (κ1) is 15.0. The smallest absolute Gasteiger partial charge is 0.257 e. The molecule has 0 atom stereocenters. The van der Waals surface area contributed by atoms with Crippen LogP contribution in [0.3, 0.4) is 0 Å². The molecule has 0 radical (unpaired) electrons. The number of hydrogen-bond donors (Lipinski definition) is 0. The third-order valence-corrected chi connectivity index (χ3v) is 5.49. The van der Waals surface area contributed by atoms with E-state index in [0.29, 0.717) is 18.4 Å². The van der Waals surface area contributed by atoms with Crippen molar-refractivity contribution in [3.63, 3.8) is 0 Å². The predicted molar refractivity (Wildman–Crippen MR) is 76.4 cm³/mol. The molecule has 1 fully saturated rings. The molecule has 7 heteroatoms. The molecule has 2 rings (SSSR count). The number of aromatic nitrogens is 2. The van der Waals surface area contributed by atoms with Crippen LogP contribution in [-0.4, -0.2) is 53.6 Å². The monoisotopic (exact) mass is 299 g/mol. The molecule has 0 aromatic carbocycles. The van der Waals surface area contributed by atoms with Gasteiger partial charge in [0, 0.05) is 25.3 Å². The number of nitrogens with zero attached hydrogens (tertiary/aromatic N) is 3. The van der Waals surface area contributed by atoms with Gasteiger partial charge in [0.15, 0.2) is 0 Å². The number of rotatable bonds is 3. The largest absolute Gasteiger partial charge is 0.339 e. The molecule has 6 nitrogen and oxygen atoms in total. The van der Waals surface area contributed by atoms with E-state index in [4.69, 9.17) is 0 Å². The Labute approximate surface area is 119 Å². The van der Waals surface area contributed by atoms with E-state index in [9.17, 15) is 13.2 Å². The van der Waals surface area contributed by atoms with Gasteiger partial charge in [0.05, 0.1) is 23.3 Å². The summed E-state index contributed by atoms with van der Waals surface area (Å²) in [6.07, 6.45) is 4.34. The minimum absolute atomic E-state index is 0.00609. The fraction of sp³-hybridized carbons (Fsp3) is 0.692. The molecule has 0 bridgehead atoms. The molecule has 1 aromatic heterocycles. The lowest BCUT2D eigenvalue weighted by molar-refractivity contribution is 0.0721. The van der Waals surface area contributed by atoms with Gasteiger partial charge in [-0.1, -0.05) is 0 Å². The Bertz CT molecular complexity index is 578. The average molecular weight is 299 g/mol. The Morgan fingerprint density at radius 3 is 2.50 bits per heavy atom. The molecule has 20 heavy (non-hydrogen) atoms. The predicted octanol–water partition coefficient (Wildman–Crippen LogP) is 1.11. The van der Waals surface area contributed by atoms with E-state index in [-0.39, 0.29) is 29.5 Å². The normalized spacial score (nSPS) is 19.2. The Morgan fingerprint density at radius 2 is 2.00 bits per heavy atom. The summed E-state index contributed by atoms with van der Waals surface area (Å²) in [4.78, 5) is 14.0. The number of hydrogen-bond acceptors (Lipinski definition) is 4. The minimum Gasteiger partial charge on any atom is -0.339 e. The first-order valence-electron chi connectivity index (χ1n) is 6.82. The maximum atomic E-state index is 12.4. The molecule has 0 saturated carbocycles. The van der Waals surface area contributed by atoms with Crippen molar-refractivity contribution in [2.75, 3.05) is 18.6 Å². The fourth-order valence-electron chi connectivity index (χ4n) is 2.37. The molecular weight excluding hydrogens is 278 g/mol. The summed E-state index contributed by atoms with van der Waals surface area (Å²) >= 11 is 0. The van der Waals surface area contributed by atoms with E-state index in [2.05, 4.69) is 5.10 Å². The zero-order valence-corrected chi connectivity index (χ0v) is 12.9. The molecule has 1 amide bonds. The van der Waals surface area contributed by atoms with Crippen LogP contribution < -0.4 is 0 Å². The molecule has 1 saturated heterocycles. The molecule has 112 valence electrons. The molecule has 0 unspecified atom stereocenters. The zero-order chi connectivity index (χ0) is 14.9. The van der Waals surface area contributed by atoms with Crippen molar-refractivity contribution in [2.45, 2.75) is 38.8 Å². The van der Waals surface area contributed by atoms with E-state index in [1.54, 1.807) is 29.0 Å². The van der Waals surface area contributed by atoms with Gasteiger partial charge >= 0.3 is 0 Å². The van der Waals surface area contributed by atoms with Gasteiger partial charge in [-0.05, 0) is 26.7 Å². The number of carbonyl (C=O) groups excluding carboxylic acids is 1. The maximum Gasteiger partial charge on any atom is 0.257 e. The van der Waals surface area contributed by atoms with Gasteiger partial charge in [-0.15, -0.1) is 0 Å². The van der Waals surface area contributed by atoms with Crippen molar-refractivity contribution < 1.29 is 13.2 Å². The van der Waals surface area contributed by atoms with Crippen LogP contribution in [-0.2, 0) is 9.84 Å². The van der Waals surface area contributed by atoms with Crippen molar-refractivity contribution in [1.82, 2.24) is 14.7 Å². The van der Waals surface area contributed by atoms with Crippen molar-refractivity contribution >= 4 is 15.7 Å². The first-order valence-corrected chi connectivity index (χ1v) is 8.64. The van der Waals surface area contributed by atoms with E-state index in [0.717, 1.165) is 0 Å². The molecule has 2 heterocycles. The van der Waals surface area contributed by atoms with E-state index < -0.39 is 9.84 Å². The summed E-state index contributed by atoms with van der Waals surface area (Å²) in [6, 6.07) is 0.204. The molecule has 0 spiro atoms. The van der Waals surface area contributed by atoms with E-state index in [1.165, 1.54) is 0 Å². The van der Waals surface area contributed by atoms with Crippen molar-refractivity contribution in [3.8, 4) is 0 Å². The van der Waals surface area contributed by atoms with Gasteiger partial charge in [0.2, 0.25) is 0 Å². The standard InChI is InChI=1S/C13H21N3O3S/c1-10(2)16-9-11(8-14-16)13(17)15(3)12-4-6-20(18,19)7-5-12/h8-10,12H,4-7H2,1-3H3. The topological polar surface area (TPSA) is 72.3 Å². The summed E-state index contributed by atoms with van der Waals surface area (Å²) in [5.74, 6) is 0.238. The Kier molecular flexibility index (Phi) is 4.17. The summed E-state index contributed by atoms with van der Waals surface area (Å²) in [7, 11) is -1.17. The first-order chi connectivity index (χ1) is 9.30. The highest BCUT2D eigenvalue weighted by atomic mass is 32.2. The van der Waals surface area contributed by atoms with Gasteiger partial charge in [0.1, 0.15) is 9.84 Å². The van der Waals surface area contributed by atoms with E-state index >= 15 is 0 Å². The average Bonchev–Trinajstić information content (AvgIpc) is 2.86. The van der Waals surface area contributed by atoms with Crippen molar-refractivity contribution in [3.05, 3.63) is 18.0 Å². The lowest BCUT2D eigenvalue weighted by Crippen LogP contribution is -2.42. The van der Waals surface area contributed by atoms with Crippen molar-refractivity contribution in [1.29, 1.82) is 0 Å². The van der Waals surface area contributed by atoms with Gasteiger partial charge in [-0.25, -0.2) is 8.42 Å². The highest BCUT2D eigenvalue weighted by Crippen LogP contribution is 2.19. The Hall–Kier alpha value is -1.37. The number of sulfone groups is 1. The molecule has 0 aliphatic carbocycles. The molecule has 1 aliphatic heterocycles. The van der Waals surface area contributed by atoms with Crippen LogP contribution >= 0.6 is 0 Å². The van der Waals surface area contributed by atoms with Crippen LogP contribution in [0.1, 0.15) is 43.1 Å². The maximum absolute atomic E-state index is 12.4. The van der Waals surface area contributed by atoms with Crippen LogP contribution in [0.15, 0.2) is 12.4 Å². The molecular formula is C13H21N3O3S. The van der Waals surface area contributed by atoms with Gasteiger partial charge < -0.3 is 4.90 Å². The summed E-state index contributed by atoms with van der Waals surface area (Å²) in [5.41, 5.74) is 0.551. The van der Waals surface area contributed by atoms with Gasteiger partial charge in [0.25, 0.3) is 5.91 Å². The second-order valence-corrected chi connectivity index (χ2v) is 7.91. The quantitative estimate of drug-likeness (QED) is 0.838. The summed E-state index contributed by atoms with van der Waals surface area (Å²) < 4.78 is 24.6. The highest BCUT2D eigenvalue weighted by molar-refractivity contribution is 7.91. The molecule has 1 aliphatic rings. The Morgan fingerprint density at radius 1 is 1.40 bits per heavy atom. The number of amides is 1. The summed E-state index contributed by atoms with van der Waals surface area (Å²) in [5, 5.41) is 4.16. The Balaban J connectivity index is 2.05. The third kappa shape index (κ3) is 3.20. The van der Waals surface area contributed by atoms with Gasteiger partial charge in [-0.3, -0.25) is 9.48 Å². The SMILES string of the molecule is CC(C)n1cc(C(=O)N(C)C2CCS(=O)(=O)CC2)cn1. The van der Waals surface area contributed by atoms with Gasteiger partial charge in [-0.2, -0.15) is 5.10 Å². The number of carbonyl (C=O) groups is 1. The lowest BCUT2D eigenvalue weighted by atomic mass is 10.1. The second-order valence-electron chi connectivity index (χ2n) is 5.60. The second kappa shape index (κ2) is 5.55. The van der Waals surface area contributed by atoms with E-state index in [1.807, 2.05) is 13.8 Å².